The van der Waals surface area contributed by atoms with Gasteiger partial charge in [-0.1, -0.05) is 29.3 Å². The van der Waals surface area contributed by atoms with Gasteiger partial charge in [0.15, 0.2) is 0 Å². The highest BCUT2D eigenvalue weighted by Crippen LogP contribution is 2.18. The largest absolute Gasteiger partial charge is 0.311 e. The average Bonchev–Trinajstić information content (AvgIpc) is 2.77. The zero-order valence-corrected chi connectivity index (χ0v) is 10.5. The van der Waals surface area contributed by atoms with Gasteiger partial charge in [-0.2, -0.15) is 5.10 Å². The van der Waals surface area contributed by atoms with E-state index in [1.165, 1.54) is 16.7 Å². The summed E-state index contributed by atoms with van der Waals surface area (Å²) in [5, 5.41) is 7.46. The number of likely N-dealkylation sites (N-methyl/N-ethyl adjacent to an activating group) is 1. The van der Waals surface area contributed by atoms with E-state index >= 15 is 0 Å². The highest BCUT2D eigenvalue weighted by atomic mass is 15.3. The number of hydrogen-bond donors (Lipinski definition) is 1. The number of aryl methyl sites for hydroxylation is 2. The fourth-order valence-electron chi connectivity index (χ4n) is 2.09. The Labute approximate surface area is 102 Å². The summed E-state index contributed by atoms with van der Waals surface area (Å²) in [6.45, 7) is 5.04. The predicted octanol–water partition coefficient (Wildman–Crippen LogP) is 1.86. The van der Waals surface area contributed by atoms with E-state index in [-0.39, 0.29) is 6.04 Å². The van der Waals surface area contributed by atoms with Crippen LogP contribution >= 0.6 is 0 Å². The minimum Gasteiger partial charge on any atom is -0.311 e. The fraction of sp³-hybridized carbons (Fsp3) is 0.385. The smallest absolute Gasteiger partial charge is 0.137 e. The number of benzene rings is 1. The molecule has 0 spiro atoms. The van der Waals surface area contributed by atoms with Gasteiger partial charge in [0.1, 0.15) is 12.7 Å². The first-order valence-electron chi connectivity index (χ1n) is 5.77. The van der Waals surface area contributed by atoms with Crippen molar-refractivity contribution < 1.29 is 0 Å². The third kappa shape index (κ3) is 2.91. The van der Waals surface area contributed by atoms with E-state index in [0.717, 1.165) is 6.54 Å². The summed E-state index contributed by atoms with van der Waals surface area (Å²) in [4.78, 5) is 3.96. The Kier molecular flexibility index (Phi) is 3.54. The van der Waals surface area contributed by atoms with Crippen molar-refractivity contribution in [1.82, 2.24) is 20.1 Å². The summed E-state index contributed by atoms with van der Waals surface area (Å²) in [5.41, 5.74) is 3.87. The van der Waals surface area contributed by atoms with E-state index in [9.17, 15) is 0 Å². The van der Waals surface area contributed by atoms with Crippen LogP contribution in [0.25, 0.3) is 0 Å². The maximum atomic E-state index is 4.14. The predicted molar refractivity (Wildman–Crippen MR) is 67.7 cm³/mol. The van der Waals surface area contributed by atoms with E-state index in [0.29, 0.717) is 0 Å². The number of hydrogen-bond acceptors (Lipinski definition) is 3. The van der Waals surface area contributed by atoms with Gasteiger partial charge in [0, 0.05) is 0 Å². The molecule has 1 unspecified atom stereocenters. The summed E-state index contributed by atoms with van der Waals surface area (Å²) in [7, 11) is 1.97. The molecule has 1 atom stereocenters. The molecular formula is C13H18N4. The lowest BCUT2D eigenvalue weighted by Crippen LogP contribution is -2.22. The molecule has 17 heavy (non-hydrogen) atoms. The first-order valence-corrected chi connectivity index (χ1v) is 5.77. The molecule has 0 saturated carbocycles. The van der Waals surface area contributed by atoms with Gasteiger partial charge in [-0.3, -0.25) is 4.68 Å². The molecule has 2 rings (SSSR count). The van der Waals surface area contributed by atoms with Gasteiger partial charge in [0.2, 0.25) is 0 Å². The van der Waals surface area contributed by atoms with Gasteiger partial charge < -0.3 is 5.32 Å². The number of nitrogens with zero attached hydrogens (tertiary/aromatic N) is 3. The van der Waals surface area contributed by atoms with Gasteiger partial charge in [-0.25, -0.2) is 4.98 Å². The van der Waals surface area contributed by atoms with Crippen molar-refractivity contribution in [3.05, 3.63) is 47.5 Å². The fourth-order valence-corrected chi connectivity index (χ4v) is 2.09. The molecule has 1 N–H and O–H groups in total. The molecule has 0 aliphatic heterocycles. The van der Waals surface area contributed by atoms with Gasteiger partial charge in [0.25, 0.3) is 0 Å². The van der Waals surface area contributed by atoms with E-state index in [1.54, 1.807) is 12.7 Å². The molecule has 0 amide bonds. The van der Waals surface area contributed by atoms with E-state index in [2.05, 4.69) is 47.4 Å². The number of aromatic nitrogens is 3. The minimum absolute atomic E-state index is 0.260. The Morgan fingerprint density at radius 3 is 2.47 bits per heavy atom. The maximum absolute atomic E-state index is 4.14. The second kappa shape index (κ2) is 5.10. The van der Waals surface area contributed by atoms with Crippen LogP contribution in [0.3, 0.4) is 0 Å². The van der Waals surface area contributed by atoms with E-state index in [1.807, 2.05) is 11.7 Å². The lowest BCUT2D eigenvalue weighted by molar-refractivity contribution is 0.467. The highest BCUT2D eigenvalue weighted by molar-refractivity contribution is 5.30. The normalized spacial score (nSPS) is 12.6. The third-order valence-electron chi connectivity index (χ3n) is 2.83. The zero-order chi connectivity index (χ0) is 12.3. The van der Waals surface area contributed by atoms with Crippen molar-refractivity contribution in [2.75, 3.05) is 7.05 Å². The summed E-state index contributed by atoms with van der Waals surface area (Å²) >= 11 is 0. The monoisotopic (exact) mass is 230 g/mol. The van der Waals surface area contributed by atoms with E-state index < -0.39 is 0 Å². The number of rotatable bonds is 4. The van der Waals surface area contributed by atoms with Crippen LogP contribution in [0.1, 0.15) is 22.7 Å². The van der Waals surface area contributed by atoms with Crippen molar-refractivity contribution in [2.24, 2.45) is 0 Å². The second-order valence-corrected chi connectivity index (χ2v) is 4.38. The summed E-state index contributed by atoms with van der Waals surface area (Å²) < 4.78 is 1.85. The SMILES string of the molecule is CNC(Cn1cncn1)c1cc(C)cc(C)c1. The molecule has 90 valence electrons. The highest BCUT2D eigenvalue weighted by Gasteiger charge is 2.11. The van der Waals surface area contributed by atoms with Crippen LogP contribution in [0.2, 0.25) is 0 Å². The van der Waals surface area contributed by atoms with Crippen molar-refractivity contribution in [3.8, 4) is 0 Å². The van der Waals surface area contributed by atoms with Crippen LogP contribution in [0.15, 0.2) is 30.9 Å². The topological polar surface area (TPSA) is 42.7 Å². The molecule has 2 aromatic rings. The van der Waals surface area contributed by atoms with Crippen LogP contribution in [0.4, 0.5) is 0 Å². The first kappa shape index (κ1) is 11.8. The quantitative estimate of drug-likeness (QED) is 0.871. The third-order valence-corrected chi connectivity index (χ3v) is 2.83. The van der Waals surface area contributed by atoms with Crippen molar-refractivity contribution in [1.29, 1.82) is 0 Å². The van der Waals surface area contributed by atoms with Gasteiger partial charge in [0.05, 0.1) is 12.6 Å². The molecule has 0 aliphatic rings. The van der Waals surface area contributed by atoms with Crippen LogP contribution in [-0.4, -0.2) is 21.8 Å². The molecule has 1 aromatic carbocycles. The Hall–Kier alpha value is -1.68. The van der Waals surface area contributed by atoms with Gasteiger partial charge in [-0.15, -0.1) is 0 Å². The summed E-state index contributed by atoms with van der Waals surface area (Å²) in [6, 6.07) is 6.87. The van der Waals surface area contributed by atoms with Crippen LogP contribution in [0.5, 0.6) is 0 Å². The van der Waals surface area contributed by atoms with Gasteiger partial charge >= 0.3 is 0 Å². The van der Waals surface area contributed by atoms with Crippen LogP contribution in [0, 0.1) is 13.8 Å². The van der Waals surface area contributed by atoms with Crippen molar-refractivity contribution >= 4 is 0 Å². The minimum atomic E-state index is 0.260. The molecule has 4 nitrogen and oxygen atoms in total. The average molecular weight is 230 g/mol. The molecule has 0 aliphatic carbocycles. The molecule has 0 bridgehead atoms. The lowest BCUT2D eigenvalue weighted by Gasteiger charge is -2.17. The van der Waals surface area contributed by atoms with Crippen LogP contribution < -0.4 is 5.32 Å². The molecule has 0 fully saturated rings. The standard InChI is InChI=1S/C13H18N4/c1-10-4-11(2)6-12(5-10)13(14-3)7-17-9-15-8-16-17/h4-6,8-9,13-14H,7H2,1-3H3. The molecule has 4 heteroatoms. The molecule has 1 heterocycles. The van der Waals surface area contributed by atoms with Crippen molar-refractivity contribution in [3.63, 3.8) is 0 Å². The Morgan fingerprint density at radius 1 is 1.24 bits per heavy atom. The lowest BCUT2D eigenvalue weighted by atomic mass is 10.0. The van der Waals surface area contributed by atoms with Crippen LogP contribution in [-0.2, 0) is 6.54 Å². The molecular weight excluding hydrogens is 212 g/mol. The molecule has 0 radical (unpaired) electrons. The molecule has 0 saturated heterocycles. The molecule has 1 aromatic heterocycles. The van der Waals surface area contributed by atoms with E-state index in [4.69, 9.17) is 0 Å². The first-order chi connectivity index (χ1) is 8.19. The Morgan fingerprint density at radius 2 is 1.94 bits per heavy atom. The van der Waals surface area contributed by atoms with Crippen molar-refractivity contribution in [2.45, 2.75) is 26.4 Å². The Bertz CT molecular complexity index is 456. The number of nitrogens with one attached hydrogen (secondary N) is 1. The second-order valence-electron chi connectivity index (χ2n) is 4.38. The summed E-state index contributed by atoms with van der Waals surface area (Å²) in [6.07, 6.45) is 3.31. The maximum Gasteiger partial charge on any atom is 0.137 e. The summed E-state index contributed by atoms with van der Waals surface area (Å²) in [5.74, 6) is 0. The Balaban J connectivity index is 2.22. The van der Waals surface area contributed by atoms with Gasteiger partial charge in [-0.05, 0) is 26.5 Å². The zero-order valence-electron chi connectivity index (χ0n) is 10.5.